The van der Waals surface area contributed by atoms with Gasteiger partial charge in [0, 0.05) is 28.4 Å². The summed E-state index contributed by atoms with van der Waals surface area (Å²) in [5.74, 6) is 0.783. The van der Waals surface area contributed by atoms with Gasteiger partial charge in [-0.05, 0) is 64.3 Å². The number of hydrogen-bond donors (Lipinski definition) is 1. The number of aryl methyl sites for hydroxylation is 1. The van der Waals surface area contributed by atoms with E-state index in [0.717, 1.165) is 12.0 Å². The smallest absolute Gasteiger partial charge is 0.0478 e. The summed E-state index contributed by atoms with van der Waals surface area (Å²) in [4.78, 5) is 5.61. The van der Waals surface area contributed by atoms with Gasteiger partial charge < -0.3 is 5.32 Å². The van der Waals surface area contributed by atoms with E-state index in [1.165, 1.54) is 50.1 Å². The van der Waals surface area contributed by atoms with Crippen molar-refractivity contribution in [3.8, 4) is 0 Å². The Hall–Kier alpha value is -0.380. The van der Waals surface area contributed by atoms with E-state index in [1.54, 1.807) is 4.88 Å². The average Bonchev–Trinajstić information content (AvgIpc) is 3.15. The molecule has 106 valence electrons. The van der Waals surface area contributed by atoms with Gasteiger partial charge in [0.25, 0.3) is 0 Å². The first-order valence-electron chi connectivity index (χ1n) is 7.74. The summed E-state index contributed by atoms with van der Waals surface area (Å²) in [7, 11) is 2.31. The molecule has 2 aliphatic rings. The van der Waals surface area contributed by atoms with Crippen LogP contribution in [-0.4, -0.2) is 31.1 Å². The molecule has 0 amide bonds. The molecule has 19 heavy (non-hydrogen) atoms. The van der Waals surface area contributed by atoms with Gasteiger partial charge >= 0.3 is 0 Å². The third-order valence-corrected chi connectivity index (χ3v) is 5.63. The zero-order chi connectivity index (χ0) is 13.2. The molecule has 0 aromatic carbocycles. The van der Waals surface area contributed by atoms with Crippen LogP contribution in [0.25, 0.3) is 0 Å². The highest BCUT2D eigenvalue weighted by atomic mass is 32.1. The molecule has 3 rings (SSSR count). The van der Waals surface area contributed by atoms with E-state index in [0.29, 0.717) is 6.04 Å². The zero-order valence-electron chi connectivity index (χ0n) is 12.2. The van der Waals surface area contributed by atoms with Gasteiger partial charge in [-0.1, -0.05) is 6.42 Å². The Morgan fingerprint density at radius 1 is 1.26 bits per heavy atom. The van der Waals surface area contributed by atoms with E-state index in [-0.39, 0.29) is 0 Å². The summed E-state index contributed by atoms with van der Waals surface area (Å²) in [6.45, 7) is 4.68. The molecular formula is C16H26N2S. The van der Waals surface area contributed by atoms with Gasteiger partial charge in [-0.2, -0.15) is 0 Å². The Bertz CT molecular complexity index is 411. The van der Waals surface area contributed by atoms with Crippen LogP contribution in [0.3, 0.4) is 0 Å². The van der Waals surface area contributed by atoms with E-state index < -0.39 is 0 Å². The third-order valence-electron chi connectivity index (χ3n) is 4.56. The van der Waals surface area contributed by atoms with Gasteiger partial charge in [0.2, 0.25) is 0 Å². The van der Waals surface area contributed by atoms with Crippen LogP contribution in [0, 0.1) is 12.8 Å². The molecule has 2 fully saturated rings. The second kappa shape index (κ2) is 5.94. The molecule has 1 aliphatic heterocycles. The Morgan fingerprint density at radius 3 is 2.79 bits per heavy atom. The SMILES string of the molecule is Cc1ccc(C2C(CNC3CC3)CCCCN2C)s1. The predicted octanol–water partition coefficient (Wildman–Crippen LogP) is 3.58. The fourth-order valence-corrected chi connectivity index (χ4v) is 4.44. The van der Waals surface area contributed by atoms with Crippen molar-refractivity contribution < 1.29 is 0 Å². The predicted molar refractivity (Wildman–Crippen MR) is 82.8 cm³/mol. The van der Waals surface area contributed by atoms with E-state index >= 15 is 0 Å². The summed E-state index contributed by atoms with van der Waals surface area (Å²) >= 11 is 1.99. The number of thiophene rings is 1. The second-order valence-electron chi connectivity index (χ2n) is 6.31. The monoisotopic (exact) mass is 278 g/mol. The van der Waals surface area contributed by atoms with E-state index in [1.807, 2.05) is 11.3 Å². The maximum Gasteiger partial charge on any atom is 0.0478 e. The summed E-state index contributed by atoms with van der Waals surface area (Å²) < 4.78 is 0. The molecule has 2 atom stereocenters. The summed E-state index contributed by atoms with van der Waals surface area (Å²) in [5.41, 5.74) is 0. The molecule has 2 heterocycles. The lowest BCUT2D eigenvalue weighted by Gasteiger charge is -2.32. The maximum atomic E-state index is 3.76. The van der Waals surface area contributed by atoms with Gasteiger partial charge in [0.1, 0.15) is 0 Å². The molecule has 1 saturated carbocycles. The lowest BCUT2D eigenvalue weighted by atomic mass is 9.93. The highest BCUT2D eigenvalue weighted by Gasteiger charge is 2.31. The van der Waals surface area contributed by atoms with Crippen molar-refractivity contribution in [2.24, 2.45) is 5.92 Å². The Morgan fingerprint density at radius 2 is 2.11 bits per heavy atom. The van der Waals surface area contributed by atoms with Crippen LogP contribution in [-0.2, 0) is 0 Å². The Labute approximate surface area is 121 Å². The van der Waals surface area contributed by atoms with Gasteiger partial charge in [-0.3, -0.25) is 4.90 Å². The van der Waals surface area contributed by atoms with Gasteiger partial charge in [0.15, 0.2) is 0 Å². The third kappa shape index (κ3) is 3.39. The van der Waals surface area contributed by atoms with Gasteiger partial charge in [-0.25, -0.2) is 0 Å². The van der Waals surface area contributed by atoms with Crippen LogP contribution >= 0.6 is 11.3 Å². The standard InChI is InChI=1S/C16H26N2S/c1-12-6-9-15(19-12)16-13(11-17-14-7-8-14)5-3-4-10-18(16)2/h6,9,13-14,16-17H,3-5,7-8,10-11H2,1-2H3. The molecule has 0 spiro atoms. The number of nitrogens with one attached hydrogen (secondary N) is 1. The topological polar surface area (TPSA) is 15.3 Å². The molecule has 1 aromatic heterocycles. The maximum absolute atomic E-state index is 3.76. The summed E-state index contributed by atoms with van der Waals surface area (Å²) in [6.07, 6.45) is 6.92. The average molecular weight is 278 g/mol. The molecule has 1 N–H and O–H groups in total. The molecule has 2 unspecified atom stereocenters. The Kier molecular flexibility index (Phi) is 4.25. The molecule has 1 saturated heterocycles. The normalized spacial score (nSPS) is 29.4. The first kappa shape index (κ1) is 13.6. The molecule has 0 bridgehead atoms. The minimum atomic E-state index is 0.632. The highest BCUT2D eigenvalue weighted by molar-refractivity contribution is 7.12. The Balaban J connectivity index is 1.75. The van der Waals surface area contributed by atoms with Crippen molar-refractivity contribution in [1.82, 2.24) is 10.2 Å². The molecule has 2 nitrogen and oxygen atoms in total. The zero-order valence-corrected chi connectivity index (χ0v) is 13.0. The molecule has 3 heteroatoms. The quantitative estimate of drug-likeness (QED) is 0.905. The molecule has 0 radical (unpaired) electrons. The van der Waals surface area contributed by atoms with E-state index in [2.05, 4.69) is 36.3 Å². The molecule has 1 aliphatic carbocycles. The van der Waals surface area contributed by atoms with E-state index in [4.69, 9.17) is 0 Å². The first-order chi connectivity index (χ1) is 9.24. The largest absolute Gasteiger partial charge is 0.314 e. The van der Waals surface area contributed by atoms with Crippen molar-refractivity contribution >= 4 is 11.3 Å². The molecule has 1 aromatic rings. The van der Waals surface area contributed by atoms with Crippen LogP contribution in [0.1, 0.15) is 47.9 Å². The van der Waals surface area contributed by atoms with Crippen LogP contribution in [0.4, 0.5) is 0 Å². The van der Waals surface area contributed by atoms with Crippen LogP contribution in [0.2, 0.25) is 0 Å². The fraction of sp³-hybridized carbons (Fsp3) is 0.750. The van der Waals surface area contributed by atoms with Crippen LogP contribution in [0.5, 0.6) is 0 Å². The van der Waals surface area contributed by atoms with Crippen molar-refractivity contribution in [2.45, 2.75) is 51.1 Å². The first-order valence-corrected chi connectivity index (χ1v) is 8.55. The van der Waals surface area contributed by atoms with Gasteiger partial charge in [0.05, 0.1) is 0 Å². The lowest BCUT2D eigenvalue weighted by molar-refractivity contribution is 0.192. The molecular weight excluding hydrogens is 252 g/mol. The van der Waals surface area contributed by atoms with Crippen LogP contribution in [0.15, 0.2) is 12.1 Å². The van der Waals surface area contributed by atoms with Crippen LogP contribution < -0.4 is 5.32 Å². The second-order valence-corrected chi connectivity index (χ2v) is 7.63. The number of rotatable bonds is 4. The summed E-state index contributed by atoms with van der Waals surface area (Å²) in [5, 5.41) is 3.76. The number of likely N-dealkylation sites (tertiary alicyclic amines) is 1. The number of hydrogen-bond acceptors (Lipinski definition) is 3. The fourth-order valence-electron chi connectivity index (χ4n) is 3.31. The lowest BCUT2D eigenvalue weighted by Crippen LogP contribution is -2.35. The van der Waals surface area contributed by atoms with Crippen molar-refractivity contribution in [3.05, 3.63) is 21.9 Å². The number of nitrogens with zero attached hydrogens (tertiary/aromatic N) is 1. The van der Waals surface area contributed by atoms with Crippen molar-refractivity contribution in [2.75, 3.05) is 20.1 Å². The van der Waals surface area contributed by atoms with E-state index in [9.17, 15) is 0 Å². The minimum Gasteiger partial charge on any atom is -0.314 e. The summed E-state index contributed by atoms with van der Waals surface area (Å²) in [6, 6.07) is 6.10. The highest BCUT2D eigenvalue weighted by Crippen LogP contribution is 2.37. The van der Waals surface area contributed by atoms with Gasteiger partial charge in [-0.15, -0.1) is 11.3 Å². The minimum absolute atomic E-state index is 0.632. The van der Waals surface area contributed by atoms with Crippen molar-refractivity contribution in [1.29, 1.82) is 0 Å². The van der Waals surface area contributed by atoms with Crippen molar-refractivity contribution in [3.63, 3.8) is 0 Å².